The van der Waals surface area contributed by atoms with Crippen LogP contribution in [0, 0.1) is 11.8 Å². The van der Waals surface area contributed by atoms with Gasteiger partial charge in [-0.3, -0.25) is 0 Å². The molecule has 0 aromatic carbocycles. The first-order valence-electron chi connectivity index (χ1n) is 11.5. The van der Waals surface area contributed by atoms with Gasteiger partial charge in [0.2, 0.25) is 0 Å². The van der Waals surface area contributed by atoms with Crippen molar-refractivity contribution in [2.45, 2.75) is 115 Å². The Morgan fingerprint density at radius 1 is 0.750 bits per heavy atom. The summed E-state index contributed by atoms with van der Waals surface area (Å²) in [7, 11) is 0. The first-order valence-corrected chi connectivity index (χ1v) is 11.5. The van der Waals surface area contributed by atoms with Gasteiger partial charge in [-0.05, 0) is 82.5 Å². The number of hydrogen-bond donors (Lipinski definition) is 3. The summed E-state index contributed by atoms with van der Waals surface area (Å²) in [6, 6.07) is 0.417. The standard InChI is InChI=1S/C22H39N3O3/c1-15-8-11-17(12-9-15)23-21(26)25-20-14-18(13-10-16(20)2)24-22(27)28-19-6-4-3-5-7-19/h15-20H,3-14H2,1-2H3,(H,24,27)(H2,23,25,26). The van der Waals surface area contributed by atoms with Crippen molar-refractivity contribution in [2.24, 2.45) is 11.8 Å². The molecule has 28 heavy (non-hydrogen) atoms. The van der Waals surface area contributed by atoms with E-state index in [1.165, 1.54) is 19.3 Å². The van der Waals surface area contributed by atoms with Gasteiger partial charge >= 0.3 is 12.1 Å². The van der Waals surface area contributed by atoms with Crippen LogP contribution in [0.5, 0.6) is 0 Å². The molecule has 0 aromatic rings. The quantitative estimate of drug-likeness (QED) is 0.659. The molecule has 0 spiro atoms. The SMILES string of the molecule is CC1CCC(NC(=O)NC2CC(NC(=O)OC3CCCCC3)CCC2C)CC1. The second-order valence-corrected chi connectivity index (χ2v) is 9.48. The number of carbonyl (C=O) groups is 2. The summed E-state index contributed by atoms with van der Waals surface area (Å²) in [5.41, 5.74) is 0. The summed E-state index contributed by atoms with van der Waals surface area (Å²) in [5, 5.41) is 9.37. The van der Waals surface area contributed by atoms with Gasteiger partial charge in [0.05, 0.1) is 0 Å². The Morgan fingerprint density at radius 3 is 2.14 bits per heavy atom. The molecule has 3 atom stereocenters. The third kappa shape index (κ3) is 6.56. The lowest BCUT2D eigenvalue weighted by atomic mass is 9.83. The second-order valence-electron chi connectivity index (χ2n) is 9.48. The molecule has 3 aliphatic rings. The minimum absolute atomic E-state index is 0.0539. The highest BCUT2D eigenvalue weighted by molar-refractivity contribution is 5.74. The summed E-state index contributed by atoms with van der Waals surface area (Å²) in [6.07, 6.45) is 12.6. The molecule has 0 bridgehead atoms. The zero-order valence-electron chi connectivity index (χ0n) is 17.7. The molecule has 0 heterocycles. The normalized spacial score (nSPS) is 34.3. The van der Waals surface area contributed by atoms with Crippen LogP contribution >= 0.6 is 0 Å². The number of hydrogen-bond acceptors (Lipinski definition) is 3. The van der Waals surface area contributed by atoms with Crippen LogP contribution in [0.15, 0.2) is 0 Å². The fourth-order valence-electron chi connectivity index (χ4n) is 4.99. The summed E-state index contributed by atoms with van der Waals surface area (Å²) >= 11 is 0. The minimum Gasteiger partial charge on any atom is -0.446 e. The van der Waals surface area contributed by atoms with E-state index in [4.69, 9.17) is 4.74 Å². The Bertz CT molecular complexity index is 513. The van der Waals surface area contributed by atoms with Crippen molar-refractivity contribution in [1.82, 2.24) is 16.0 Å². The van der Waals surface area contributed by atoms with Gasteiger partial charge < -0.3 is 20.7 Å². The first-order chi connectivity index (χ1) is 13.5. The van der Waals surface area contributed by atoms with E-state index < -0.39 is 0 Å². The van der Waals surface area contributed by atoms with E-state index in [0.717, 1.165) is 63.7 Å². The lowest BCUT2D eigenvalue weighted by molar-refractivity contribution is 0.0701. The maximum absolute atomic E-state index is 12.5. The first kappa shape index (κ1) is 21.3. The monoisotopic (exact) mass is 393 g/mol. The summed E-state index contributed by atoms with van der Waals surface area (Å²) in [4.78, 5) is 24.7. The molecule has 3 unspecified atom stereocenters. The number of urea groups is 1. The Labute approximate surface area is 169 Å². The van der Waals surface area contributed by atoms with Gasteiger partial charge in [-0.2, -0.15) is 0 Å². The Morgan fingerprint density at radius 2 is 1.43 bits per heavy atom. The number of amides is 3. The predicted octanol–water partition coefficient (Wildman–Crippen LogP) is 4.48. The van der Waals surface area contributed by atoms with E-state index in [-0.39, 0.29) is 30.3 Å². The lowest BCUT2D eigenvalue weighted by Crippen LogP contribution is -2.53. The third-order valence-electron chi connectivity index (χ3n) is 7.01. The van der Waals surface area contributed by atoms with Crippen molar-refractivity contribution in [3.63, 3.8) is 0 Å². The van der Waals surface area contributed by atoms with Gasteiger partial charge in [0, 0.05) is 18.1 Å². The molecule has 3 saturated carbocycles. The molecule has 0 saturated heterocycles. The summed E-state index contributed by atoms with van der Waals surface area (Å²) in [6.45, 7) is 4.47. The molecule has 3 rings (SSSR count). The number of carbonyl (C=O) groups excluding carboxylic acids is 2. The minimum atomic E-state index is -0.286. The van der Waals surface area contributed by atoms with Crippen molar-refractivity contribution in [1.29, 1.82) is 0 Å². The maximum Gasteiger partial charge on any atom is 0.407 e. The topological polar surface area (TPSA) is 79.5 Å². The highest BCUT2D eigenvalue weighted by Crippen LogP contribution is 2.26. The fourth-order valence-corrected chi connectivity index (χ4v) is 4.99. The van der Waals surface area contributed by atoms with Crippen molar-refractivity contribution < 1.29 is 14.3 Å². The van der Waals surface area contributed by atoms with E-state index in [0.29, 0.717) is 12.0 Å². The molecule has 160 valence electrons. The maximum atomic E-state index is 12.5. The molecule has 0 radical (unpaired) electrons. The van der Waals surface area contributed by atoms with Crippen LogP contribution in [0.2, 0.25) is 0 Å². The Balaban J connectivity index is 1.40. The largest absolute Gasteiger partial charge is 0.446 e. The average molecular weight is 394 g/mol. The van der Waals surface area contributed by atoms with Crippen LogP contribution in [0.3, 0.4) is 0 Å². The lowest BCUT2D eigenvalue weighted by Gasteiger charge is -2.36. The second kappa shape index (κ2) is 10.4. The Kier molecular flexibility index (Phi) is 7.86. The number of ether oxygens (including phenoxy) is 1. The van der Waals surface area contributed by atoms with Crippen LogP contribution in [-0.2, 0) is 4.74 Å². The van der Waals surface area contributed by atoms with Gasteiger partial charge in [-0.25, -0.2) is 9.59 Å². The smallest absolute Gasteiger partial charge is 0.407 e. The highest BCUT2D eigenvalue weighted by atomic mass is 16.6. The van der Waals surface area contributed by atoms with Gasteiger partial charge in [0.25, 0.3) is 0 Å². The summed E-state index contributed by atoms with van der Waals surface area (Å²) < 4.78 is 5.60. The van der Waals surface area contributed by atoms with E-state index >= 15 is 0 Å². The molecule has 3 amide bonds. The third-order valence-corrected chi connectivity index (χ3v) is 7.01. The summed E-state index contributed by atoms with van der Waals surface area (Å²) in [5.74, 6) is 1.20. The van der Waals surface area contributed by atoms with Crippen LogP contribution in [0.4, 0.5) is 9.59 Å². The fraction of sp³-hybridized carbons (Fsp3) is 0.909. The molecule has 3 aliphatic carbocycles. The van der Waals surface area contributed by atoms with Crippen LogP contribution in [0.1, 0.15) is 90.9 Å². The van der Waals surface area contributed by atoms with Gasteiger partial charge in [0.1, 0.15) is 6.10 Å². The molecule has 0 aromatic heterocycles. The van der Waals surface area contributed by atoms with Crippen LogP contribution < -0.4 is 16.0 Å². The number of alkyl carbamates (subject to hydrolysis) is 1. The van der Waals surface area contributed by atoms with Crippen molar-refractivity contribution in [2.75, 3.05) is 0 Å². The number of rotatable bonds is 4. The van der Waals surface area contributed by atoms with Crippen molar-refractivity contribution in [3.8, 4) is 0 Å². The van der Waals surface area contributed by atoms with Gasteiger partial charge in [0.15, 0.2) is 0 Å². The molecule has 3 fully saturated rings. The average Bonchev–Trinajstić information content (AvgIpc) is 2.67. The van der Waals surface area contributed by atoms with Crippen molar-refractivity contribution >= 4 is 12.1 Å². The molecule has 6 nitrogen and oxygen atoms in total. The Hall–Kier alpha value is -1.46. The van der Waals surface area contributed by atoms with E-state index in [1.807, 2.05) is 0 Å². The molecular formula is C22H39N3O3. The van der Waals surface area contributed by atoms with E-state index in [9.17, 15) is 9.59 Å². The zero-order valence-corrected chi connectivity index (χ0v) is 17.7. The van der Waals surface area contributed by atoms with Gasteiger partial charge in [-0.15, -0.1) is 0 Å². The van der Waals surface area contributed by atoms with E-state index in [1.54, 1.807) is 0 Å². The van der Waals surface area contributed by atoms with Gasteiger partial charge in [-0.1, -0.05) is 20.3 Å². The van der Waals surface area contributed by atoms with Crippen LogP contribution in [-0.4, -0.2) is 36.4 Å². The number of nitrogens with one attached hydrogen (secondary N) is 3. The highest BCUT2D eigenvalue weighted by Gasteiger charge is 2.31. The molecular weight excluding hydrogens is 354 g/mol. The molecule has 6 heteroatoms. The molecule has 0 aliphatic heterocycles. The van der Waals surface area contributed by atoms with Crippen molar-refractivity contribution in [3.05, 3.63) is 0 Å². The zero-order chi connectivity index (χ0) is 19.9. The van der Waals surface area contributed by atoms with Crippen LogP contribution in [0.25, 0.3) is 0 Å². The van der Waals surface area contributed by atoms with E-state index in [2.05, 4.69) is 29.8 Å². The predicted molar refractivity (Wildman–Crippen MR) is 110 cm³/mol. The molecule has 3 N–H and O–H groups in total.